The number of rotatable bonds is 5. The lowest BCUT2D eigenvalue weighted by Gasteiger charge is -2.30. The smallest absolute Gasteiger partial charge is 0.254 e. The fraction of sp³-hybridized carbons (Fsp3) is 0.348. The maximum absolute atomic E-state index is 13.9. The van der Waals surface area contributed by atoms with Crippen LogP contribution in [0.2, 0.25) is 0 Å². The molecule has 9 heteroatoms. The van der Waals surface area contributed by atoms with Gasteiger partial charge in [0.15, 0.2) is 17.5 Å². The first kappa shape index (κ1) is 21.9. The summed E-state index contributed by atoms with van der Waals surface area (Å²) in [5.41, 5.74) is 0.355. The molecule has 6 nitrogen and oxygen atoms in total. The molecule has 0 bridgehead atoms. The number of anilines is 2. The van der Waals surface area contributed by atoms with Gasteiger partial charge in [0.05, 0.1) is 11.1 Å². The van der Waals surface area contributed by atoms with Crippen molar-refractivity contribution in [3.05, 3.63) is 59.4 Å². The van der Waals surface area contributed by atoms with E-state index in [4.69, 9.17) is 0 Å². The summed E-state index contributed by atoms with van der Waals surface area (Å²) < 4.78 is 40.4. The van der Waals surface area contributed by atoms with Gasteiger partial charge >= 0.3 is 0 Å². The molecule has 1 aliphatic carbocycles. The highest BCUT2D eigenvalue weighted by Crippen LogP contribution is 2.26. The predicted molar refractivity (Wildman–Crippen MR) is 117 cm³/mol. The summed E-state index contributed by atoms with van der Waals surface area (Å²) in [5.74, 6) is -3.80. The second-order valence-corrected chi connectivity index (χ2v) is 8.17. The highest BCUT2D eigenvalue weighted by atomic mass is 19.2. The van der Waals surface area contributed by atoms with E-state index in [-0.39, 0.29) is 12.1 Å². The number of hydrogen-bond donors (Lipinski definition) is 2. The third-order valence-corrected chi connectivity index (χ3v) is 5.68. The Morgan fingerprint density at radius 2 is 1.62 bits per heavy atom. The van der Waals surface area contributed by atoms with Gasteiger partial charge < -0.3 is 15.5 Å². The molecule has 0 atom stereocenters. The molecule has 1 aliphatic rings. The third kappa shape index (κ3) is 4.46. The second kappa shape index (κ2) is 9.02. The van der Waals surface area contributed by atoms with Crippen LogP contribution in [0.1, 0.15) is 36.0 Å². The molecule has 0 unspecified atom stereocenters. The summed E-state index contributed by atoms with van der Waals surface area (Å²) in [6.07, 6.45) is 2.81. The van der Waals surface area contributed by atoms with Crippen LogP contribution in [0.4, 0.5) is 24.9 Å². The molecule has 168 valence electrons. The largest absolute Gasteiger partial charge is 0.362 e. The van der Waals surface area contributed by atoms with Crippen LogP contribution in [0.15, 0.2) is 36.4 Å². The van der Waals surface area contributed by atoms with Crippen molar-refractivity contribution in [2.75, 3.05) is 24.3 Å². The lowest BCUT2D eigenvalue weighted by Crippen LogP contribution is -2.40. The van der Waals surface area contributed by atoms with E-state index in [9.17, 15) is 18.0 Å². The van der Waals surface area contributed by atoms with Gasteiger partial charge in [-0.1, -0.05) is 12.1 Å². The van der Waals surface area contributed by atoms with Crippen LogP contribution >= 0.6 is 0 Å². The lowest BCUT2D eigenvalue weighted by atomic mass is 9.91. The van der Waals surface area contributed by atoms with Crippen molar-refractivity contribution >= 4 is 28.6 Å². The van der Waals surface area contributed by atoms with E-state index in [0.29, 0.717) is 18.8 Å². The molecular formula is C23H24F3N5O. The molecule has 32 heavy (non-hydrogen) atoms. The van der Waals surface area contributed by atoms with Crippen molar-refractivity contribution in [3.63, 3.8) is 0 Å². The van der Waals surface area contributed by atoms with Gasteiger partial charge in [0.25, 0.3) is 5.91 Å². The normalized spacial score (nSPS) is 18.4. The number of hydrogen-bond acceptors (Lipinski definition) is 5. The summed E-state index contributed by atoms with van der Waals surface area (Å²) in [7, 11) is 3.87. The minimum absolute atomic E-state index is 0.124. The predicted octanol–water partition coefficient (Wildman–Crippen LogP) is 4.27. The standard InChI is InChI=1S/C23H24F3N5O/c1-31(2)21-15-5-3-4-6-18(15)29-23(30-21)28-14-9-7-13(8-10-14)27-22(32)16-11-12-17(24)20(26)19(16)25/h3-6,11-14H,7-10H2,1-2H3,(H,27,32)(H,28,29,30)/t13-,14+. The number of fused-ring (bicyclic) bond motifs is 1. The van der Waals surface area contributed by atoms with E-state index >= 15 is 0 Å². The minimum atomic E-state index is -1.64. The topological polar surface area (TPSA) is 70.2 Å². The molecule has 0 radical (unpaired) electrons. The molecule has 3 aromatic rings. The average Bonchev–Trinajstić information content (AvgIpc) is 2.78. The van der Waals surface area contributed by atoms with Crippen molar-refractivity contribution in [1.29, 1.82) is 0 Å². The maximum Gasteiger partial charge on any atom is 0.254 e. The number of amides is 1. The van der Waals surface area contributed by atoms with E-state index < -0.39 is 28.9 Å². The zero-order chi connectivity index (χ0) is 22.8. The number of halogens is 3. The number of para-hydroxylation sites is 1. The summed E-state index contributed by atoms with van der Waals surface area (Å²) in [6, 6.07) is 9.46. The zero-order valence-electron chi connectivity index (χ0n) is 17.8. The number of carbonyl (C=O) groups is 1. The van der Waals surface area contributed by atoms with E-state index in [1.54, 1.807) is 0 Å². The number of nitrogens with zero attached hydrogens (tertiary/aromatic N) is 3. The van der Waals surface area contributed by atoms with E-state index in [1.165, 1.54) is 0 Å². The fourth-order valence-corrected chi connectivity index (χ4v) is 3.99. The van der Waals surface area contributed by atoms with Gasteiger partial charge in [0.2, 0.25) is 5.95 Å². The van der Waals surface area contributed by atoms with E-state index in [1.807, 2.05) is 43.3 Å². The molecule has 0 saturated heterocycles. The number of aromatic nitrogens is 2. The summed E-state index contributed by atoms with van der Waals surface area (Å²) in [6.45, 7) is 0. The molecule has 4 rings (SSSR count). The summed E-state index contributed by atoms with van der Waals surface area (Å²) in [4.78, 5) is 23.5. The Morgan fingerprint density at radius 3 is 2.34 bits per heavy atom. The Hall–Kier alpha value is -3.36. The quantitative estimate of drug-likeness (QED) is 0.577. The molecular weight excluding hydrogens is 419 g/mol. The van der Waals surface area contributed by atoms with Gasteiger partial charge in [-0.15, -0.1) is 0 Å². The van der Waals surface area contributed by atoms with Crippen LogP contribution in [0.3, 0.4) is 0 Å². The van der Waals surface area contributed by atoms with Gasteiger partial charge in [0.1, 0.15) is 5.82 Å². The molecule has 0 spiro atoms. The third-order valence-electron chi connectivity index (χ3n) is 5.68. The maximum atomic E-state index is 13.9. The van der Waals surface area contributed by atoms with Crippen LogP contribution in [-0.2, 0) is 0 Å². The molecule has 1 heterocycles. The van der Waals surface area contributed by atoms with Crippen LogP contribution < -0.4 is 15.5 Å². The molecule has 0 aliphatic heterocycles. The fourth-order valence-electron chi connectivity index (χ4n) is 3.99. The van der Waals surface area contributed by atoms with Crippen molar-refractivity contribution in [3.8, 4) is 0 Å². The molecule has 1 amide bonds. The van der Waals surface area contributed by atoms with Crippen LogP contribution in [0.5, 0.6) is 0 Å². The highest BCUT2D eigenvalue weighted by Gasteiger charge is 2.26. The monoisotopic (exact) mass is 443 g/mol. The Morgan fingerprint density at radius 1 is 0.938 bits per heavy atom. The average molecular weight is 443 g/mol. The van der Waals surface area contributed by atoms with Crippen molar-refractivity contribution in [2.24, 2.45) is 0 Å². The molecule has 2 aromatic carbocycles. The number of benzene rings is 2. The summed E-state index contributed by atoms with van der Waals surface area (Å²) in [5, 5.41) is 7.08. The van der Waals surface area contributed by atoms with Gasteiger partial charge in [-0.2, -0.15) is 4.98 Å². The second-order valence-electron chi connectivity index (χ2n) is 8.17. The van der Waals surface area contributed by atoms with Gasteiger partial charge in [0, 0.05) is 31.6 Å². The number of carbonyl (C=O) groups excluding carboxylic acids is 1. The summed E-state index contributed by atoms with van der Waals surface area (Å²) >= 11 is 0. The molecule has 2 N–H and O–H groups in total. The first-order valence-corrected chi connectivity index (χ1v) is 10.5. The SMILES string of the molecule is CN(C)c1nc(N[C@H]2CC[C@@H](NC(=O)c3ccc(F)c(F)c3F)CC2)nc2ccccc12. The van der Waals surface area contributed by atoms with Crippen molar-refractivity contribution < 1.29 is 18.0 Å². The Balaban J connectivity index is 1.38. The zero-order valence-corrected chi connectivity index (χ0v) is 17.8. The van der Waals surface area contributed by atoms with Crippen LogP contribution in [0, 0.1) is 17.5 Å². The van der Waals surface area contributed by atoms with Crippen LogP contribution in [0.25, 0.3) is 10.9 Å². The Kier molecular flexibility index (Phi) is 6.16. The van der Waals surface area contributed by atoms with Gasteiger partial charge in [-0.05, 0) is 49.9 Å². The highest BCUT2D eigenvalue weighted by molar-refractivity contribution is 5.94. The minimum Gasteiger partial charge on any atom is -0.362 e. The molecule has 1 aromatic heterocycles. The molecule has 1 saturated carbocycles. The first-order valence-electron chi connectivity index (χ1n) is 10.5. The van der Waals surface area contributed by atoms with E-state index in [0.717, 1.165) is 41.7 Å². The van der Waals surface area contributed by atoms with Crippen LogP contribution in [-0.4, -0.2) is 42.1 Å². The van der Waals surface area contributed by atoms with Crippen molar-refractivity contribution in [2.45, 2.75) is 37.8 Å². The molecule has 1 fully saturated rings. The first-order chi connectivity index (χ1) is 15.3. The Bertz CT molecular complexity index is 1150. The lowest BCUT2D eigenvalue weighted by molar-refractivity contribution is 0.0921. The van der Waals surface area contributed by atoms with Gasteiger partial charge in [-0.25, -0.2) is 18.2 Å². The van der Waals surface area contributed by atoms with Gasteiger partial charge in [-0.3, -0.25) is 4.79 Å². The van der Waals surface area contributed by atoms with Crippen molar-refractivity contribution in [1.82, 2.24) is 15.3 Å². The van der Waals surface area contributed by atoms with E-state index in [2.05, 4.69) is 20.6 Å². The number of nitrogens with one attached hydrogen (secondary N) is 2. The Labute approximate surface area is 183 Å².